The minimum Gasteiger partial charge on any atom is -0.450 e. The van der Waals surface area contributed by atoms with E-state index in [1.165, 1.54) is 6.33 Å². The van der Waals surface area contributed by atoms with Crippen LogP contribution in [-0.4, -0.2) is 70.9 Å². The van der Waals surface area contributed by atoms with Gasteiger partial charge in [-0.15, -0.1) is 0 Å². The van der Waals surface area contributed by atoms with Gasteiger partial charge in [-0.3, -0.25) is 10.1 Å². The molecule has 1 aromatic heterocycles. The highest BCUT2D eigenvalue weighted by atomic mass is 16.6. The van der Waals surface area contributed by atoms with E-state index in [9.17, 15) is 14.9 Å². The lowest BCUT2D eigenvalue weighted by Gasteiger charge is -2.31. The van der Waals surface area contributed by atoms with Crippen molar-refractivity contribution in [2.75, 3.05) is 43.5 Å². The van der Waals surface area contributed by atoms with Crippen molar-refractivity contribution in [2.24, 2.45) is 0 Å². The molecule has 0 spiro atoms. The Morgan fingerprint density at radius 3 is 2.66 bits per heavy atom. The Morgan fingerprint density at radius 2 is 2.03 bits per heavy atom. The van der Waals surface area contributed by atoms with Crippen LogP contribution in [0.5, 0.6) is 0 Å². The first-order valence-electron chi connectivity index (χ1n) is 9.95. The first-order chi connectivity index (χ1) is 13.9. The molecule has 0 unspecified atom stereocenters. The molecule has 1 aliphatic heterocycles. The van der Waals surface area contributed by atoms with Crippen LogP contribution in [0.1, 0.15) is 40.0 Å². The zero-order chi connectivity index (χ0) is 21.2. The van der Waals surface area contributed by atoms with Crippen molar-refractivity contribution in [2.45, 2.75) is 52.2 Å². The number of anilines is 2. The summed E-state index contributed by atoms with van der Waals surface area (Å²) in [5.41, 5.74) is -0.176. The average molecular weight is 410 g/mol. The molecule has 1 amide bonds. The predicted octanol–water partition coefficient (Wildman–Crippen LogP) is 2.64. The largest absolute Gasteiger partial charge is 0.450 e. The number of nitrogens with zero attached hydrogens (tertiary/aromatic N) is 4. The van der Waals surface area contributed by atoms with Crippen LogP contribution in [0.15, 0.2) is 6.33 Å². The van der Waals surface area contributed by atoms with Crippen molar-refractivity contribution in [3.8, 4) is 0 Å². The Hall–Kier alpha value is -2.69. The Bertz CT molecular complexity index is 679. The van der Waals surface area contributed by atoms with Crippen LogP contribution >= 0.6 is 0 Å². The topological polar surface area (TPSA) is 132 Å². The fraction of sp³-hybridized carbons (Fsp3) is 0.722. The van der Waals surface area contributed by atoms with E-state index in [0.29, 0.717) is 52.1 Å². The third-order valence-electron chi connectivity index (χ3n) is 4.43. The van der Waals surface area contributed by atoms with Crippen molar-refractivity contribution < 1.29 is 19.2 Å². The molecule has 0 radical (unpaired) electrons. The van der Waals surface area contributed by atoms with Crippen molar-refractivity contribution in [1.29, 1.82) is 0 Å². The molecular weight excluding hydrogens is 380 g/mol. The molecule has 0 bridgehead atoms. The van der Waals surface area contributed by atoms with Crippen molar-refractivity contribution in [1.82, 2.24) is 14.9 Å². The van der Waals surface area contributed by atoms with Gasteiger partial charge in [0.1, 0.15) is 6.33 Å². The second kappa shape index (κ2) is 11.3. The number of likely N-dealkylation sites (tertiary alicyclic amines) is 1. The van der Waals surface area contributed by atoms with Crippen LogP contribution in [0.2, 0.25) is 0 Å². The molecule has 1 saturated heterocycles. The number of hydrogen-bond donors (Lipinski definition) is 2. The molecule has 1 fully saturated rings. The maximum absolute atomic E-state index is 11.8. The van der Waals surface area contributed by atoms with E-state index in [4.69, 9.17) is 9.47 Å². The number of nitro groups is 1. The molecule has 0 atom stereocenters. The van der Waals surface area contributed by atoms with E-state index in [1.807, 2.05) is 13.8 Å². The number of carbonyl (C=O) groups is 1. The fourth-order valence-electron chi connectivity index (χ4n) is 3.00. The van der Waals surface area contributed by atoms with Crippen LogP contribution in [0.25, 0.3) is 0 Å². The average Bonchev–Trinajstić information content (AvgIpc) is 2.68. The molecule has 2 heterocycles. The van der Waals surface area contributed by atoms with Crippen molar-refractivity contribution in [3.63, 3.8) is 0 Å². The van der Waals surface area contributed by atoms with Gasteiger partial charge in [0.25, 0.3) is 0 Å². The molecular formula is C18H30N6O5. The van der Waals surface area contributed by atoms with Crippen LogP contribution in [0.3, 0.4) is 0 Å². The molecule has 11 heteroatoms. The third kappa shape index (κ3) is 7.00. The minimum atomic E-state index is -0.483. The van der Waals surface area contributed by atoms with Gasteiger partial charge in [0, 0.05) is 32.3 Å². The number of hydrogen-bond acceptors (Lipinski definition) is 9. The van der Waals surface area contributed by atoms with E-state index >= 15 is 0 Å². The normalized spacial score (nSPS) is 14.7. The monoisotopic (exact) mass is 410 g/mol. The Kier molecular flexibility index (Phi) is 8.84. The van der Waals surface area contributed by atoms with E-state index in [2.05, 4.69) is 20.6 Å². The van der Waals surface area contributed by atoms with Crippen LogP contribution in [0, 0.1) is 10.1 Å². The number of carbonyl (C=O) groups excluding carboxylic acids is 1. The summed E-state index contributed by atoms with van der Waals surface area (Å²) in [7, 11) is 0. The smallest absolute Gasteiger partial charge is 0.409 e. The van der Waals surface area contributed by atoms with Gasteiger partial charge in [-0.1, -0.05) is 0 Å². The Labute approximate surface area is 170 Å². The number of aromatic nitrogens is 2. The van der Waals surface area contributed by atoms with Crippen LogP contribution in [0.4, 0.5) is 22.1 Å². The van der Waals surface area contributed by atoms with Gasteiger partial charge in [-0.05, 0) is 40.0 Å². The lowest BCUT2D eigenvalue weighted by Crippen LogP contribution is -2.42. The highest BCUT2D eigenvalue weighted by Gasteiger charge is 2.28. The minimum absolute atomic E-state index is 0.0263. The highest BCUT2D eigenvalue weighted by molar-refractivity contribution is 5.70. The number of rotatable bonds is 10. The quantitative estimate of drug-likeness (QED) is 0.339. The molecule has 0 saturated carbocycles. The van der Waals surface area contributed by atoms with E-state index in [1.54, 1.807) is 11.8 Å². The number of piperidine rings is 1. The van der Waals surface area contributed by atoms with E-state index < -0.39 is 4.92 Å². The van der Waals surface area contributed by atoms with Crippen LogP contribution < -0.4 is 10.6 Å². The zero-order valence-electron chi connectivity index (χ0n) is 17.2. The Morgan fingerprint density at radius 1 is 1.34 bits per heavy atom. The molecule has 1 aromatic rings. The molecule has 2 N–H and O–H groups in total. The molecule has 11 nitrogen and oxygen atoms in total. The summed E-state index contributed by atoms with van der Waals surface area (Å²) in [6.45, 7) is 8.13. The maximum Gasteiger partial charge on any atom is 0.409 e. The fourth-order valence-corrected chi connectivity index (χ4v) is 3.00. The molecule has 0 aliphatic carbocycles. The first kappa shape index (κ1) is 22.6. The van der Waals surface area contributed by atoms with Crippen LogP contribution in [-0.2, 0) is 9.47 Å². The van der Waals surface area contributed by atoms with Gasteiger partial charge in [0.2, 0.25) is 11.6 Å². The summed E-state index contributed by atoms with van der Waals surface area (Å²) in [6.07, 6.45) is 3.12. The first-order valence-corrected chi connectivity index (χ1v) is 9.95. The zero-order valence-corrected chi connectivity index (χ0v) is 17.2. The predicted molar refractivity (Wildman–Crippen MR) is 108 cm³/mol. The van der Waals surface area contributed by atoms with E-state index in [0.717, 1.165) is 0 Å². The number of nitrogens with one attached hydrogen (secondary N) is 2. The summed E-state index contributed by atoms with van der Waals surface area (Å²) in [4.78, 5) is 32.7. The molecule has 0 aromatic carbocycles. The molecule has 1 aliphatic rings. The summed E-state index contributed by atoms with van der Waals surface area (Å²) in [5, 5.41) is 17.8. The summed E-state index contributed by atoms with van der Waals surface area (Å²) >= 11 is 0. The van der Waals surface area contributed by atoms with Gasteiger partial charge in [0.05, 0.1) is 17.6 Å². The maximum atomic E-state index is 11.8. The lowest BCUT2D eigenvalue weighted by atomic mass is 10.1. The number of amides is 1. The van der Waals surface area contributed by atoms with Crippen molar-refractivity contribution in [3.05, 3.63) is 16.4 Å². The standard InChI is InChI=1S/C18H30N6O5/c1-4-28-18(25)23-9-6-14(7-10-23)22-17-15(24(26)27)16(20-12-21-17)19-8-5-11-29-13(2)3/h12-14H,4-11H2,1-3H3,(H2,19,20,21,22). The molecule has 2 rings (SSSR count). The summed E-state index contributed by atoms with van der Waals surface area (Å²) < 4.78 is 10.5. The second-order valence-electron chi connectivity index (χ2n) is 6.98. The van der Waals surface area contributed by atoms with Gasteiger partial charge >= 0.3 is 11.8 Å². The van der Waals surface area contributed by atoms with Gasteiger partial charge in [-0.25, -0.2) is 14.8 Å². The summed E-state index contributed by atoms with van der Waals surface area (Å²) in [6, 6.07) is -0.0263. The number of ether oxygens (including phenoxy) is 2. The second-order valence-corrected chi connectivity index (χ2v) is 6.98. The molecule has 29 heavy (non-hydrogen) atoms. The van der Waals surface area contributed by atoms with E-state index in [-0.39, 0.29) is 35.6 Å². The van der Waals surface area contributed by atoms with Gasteiger partial charge in [0.15, 0.2) is 0 Å². The Balaban J connectivity index is 1.95. The lowest BCUT2D eigenvalue weighted by molar-refractivity contribution is -0.383. The third-order valence-corrected chi connectivity index (χ3v) is 4.43. The van der Waals surface area contributed by atoms with Crippen molar-refractivity contribution >= 4 is 23.4 Å². The van der Waals surface area contributed by atoms with Gasteiger partial charge < -0.3 is 25.0 Å². The SMILES string of the molecule is CCOC(=O)N1CCC(Nc2ncnc(NCCCOC(C)C)c2[N+](=O)[O-])CC1. The molecule has 162 valence electrons. The summed E-state index contributed by atoms with van der Waals surface area (Å²) in [5.74, 6) is 0.363. The highest BCUT2D eigenvalue weighted by Crippen LogP contribution is 2.30. The van der Waals surface area contributed by atoms with Gasteiger partial charge in [-0.2, -0.15) is 0 Å².